The fraction of sp³-hybridized carbons (Fsp3) is 0.833. The first-order valence-corrected chi connectivity index (χ1v) is 7.10. The van der Waals surface area contributed by atoms with Gasteiger partial charge in [-0.1, -0.05) is 6.08 Å². The first kappa shape index (κ1) is 11.5. The molecule has 2 saturated heterocycles. The highest BCUT2D eigenvalue weighted by molar-refractivity contribution is 7.99. The molecule has 1 unspecified atom stereocenters. The maximum Gasteiger partial charge on any atom is 0.0718 e. The lowest BCUT2D eigenvalue weighted by molar-refractivity contribution is 0.0743. The van der Waals surface area contributed by atoms with Crippen LogP contribution >= 0.6 is 11.8 Å². The van der Waals surface area contributed by atoms with Crippen molar-refractivity contribution in [2.75, 3.05) is 31.2 Å². The molecule has 0 radical (unpaired) electrons. The smallest absolute Gasteiger partial charge is 0.0718 e. The van der Waals surface area contributed by atoms with Gasteiger partial charge in [0.2, 0.25) is 0 Å². The fourth-order valence-electron chi connectivity index (χ4n) is 2.48. The van der Waals surface area contributed by atoms with E-state index in [1.165, 1.54) is 37.3 Å². The molecular formula is C12H21NOS. The summed E-state index contributed by atoms with van der Waals surface area (Å²) in [6.07, 6.45) is 6.26. The molecule has 3 heteroatoms. The first-order chi connectivity index (χ1) is 7.40. The summed E-state index contributed by atoms with van der Waals surface area (Å²) in [6.45, 7) is 6.77. The Morgan fingerprint density at radius 1 is 1.33 bits per heavy atom. The Balaban J connectivity index is 1.73. The number of hydrogen-bond donors (Lipinski definition) is 0. The highest BCUT2D eigenvalue weighted by Crippen LogP contribution is 2.25. The monoisotopic (exact) mass is 227 g/mol. The zero-order valence-corrected chi connectivity index (χ0v) is 10.2. The summed E-state index contributed by atoms with van der Waals surface area (Å²) in [7, 11) is 0. The van der Waals surface area contributed by atoms with Crippen LogP contribution in [0.4, 0.5) is 0 Å². The summed E-state index contributed by atoms with van der Waals surface area (Å²) < 4.78 is 5.71. The van der Waals surface area contributed by atoms with Gasteiger partial charge < -0.3 is 4.74 Å². The van der Waals surface area contributed by atoms with E-state index in [-0.39, 0.29) is 0 Å². The number of rotatable bonds is 4. The van der Waals surface area contributed by atoms with Crippen molar-refractivity contribution < 1.29 is 4.74 Å². The van der Waals surface area contributed by atoms with Gasteiger partial charge in [0.05, 0.1) is 12.7 Å². The predicted octanol–water partition coefficient (Wildman–Crippen LogP) is 2.16. The summed E-state index contributed by atoms with van der Waals surface area (Å²) in [5, 5.41) is 0. The third-order valence-corrected chi connectivity index (χ3v) is 4.38. The van der Waals surface area contributed by atoms with E-state index in [2.05, 4.69) is 23.2 Å². The molecule has 2 nitrogen and oxygen atoms in total. The summed E-state index contributed by atoms with van der Waals surface area (Å²) in [5.74, 6) is 2.69. The first-order valence-electron chi connectivity index (χ1n) is 5.94. The molecule has 0 amide bonds. The maximum absolute atomic E-state index is 5.71. The standard InChI is InChI=1S/C12H21NOS/c1-2-7-14-12-3-6-13(10-12)11-4-8-15-9-5-11/h2,11-12H,1,3-10H2. The van der Waals surface area contributed by atoms with E-state index >= 15 is 0 Å². The molecule has 0 bridgehead atoms. The maximum atomic E-state index is 5.71. The minimum atomic E-state index is 0.456. The molecule has 0 N–H and O–H groups in total. The van der Waals surface area contributed by atoms with Crippen LogP contribution in [0.3, 0.4) is 0 Å². The van der Waals surface area contributed by atoms with Crippen molar-refractivity contribution >= 4 is 11.8 Å². The van der Waals surface area contributed by atoms with Gasteiger partial charge in [-0.25, -0.2) is 0 Å². The number of hydrogen-bond acceptors (Lipinski definition) is 3. The van der Waals surface area contributed by atoms with Gasteiger partial charge in [0, 0.05) is 19.1 Å². The lowest BCUT2D eigenvalue weighted by atomic mass is 10.1. The molecule has 2 fully saturated rings. The van der Waals surface area contributed by atoms with Gasteiger partial charge >= 0.3 is 0 Å². The minimum absolute atomic E-state index is 0.456. The third-order valence-electron chi connectivity index (χ3n) is 3.33. The van der Waals surface area contributed by atoms with Crippen LogP contribution in [-0.2, 0) is 4.74 Å². The molecule has 0 aromatic heterocycles. The van der Waals surface area contributed by atoms with Crippen molar-refractivity contribution in [3.05, 3.63) is 12.7 Å². The largest absolute Gasteiger partial charge is 0.373 e. The van der Waals surface area contributed by atoms with Gasteiger partial charge in [-0.05, 0) is 30.8 Å². The average molecular weight is 227 g/mol. The molecule has 2 aliphatic heterocycles. The van der Waals surface area contributed by atoms with Crippen LogP contribution in [-0.4, -0.2) is 48.2 Å². The molecule has 86 valence electrons. The topological polar surface area (TPSA) is 12.5 Å². The third kappa shape index (κ3) is 3.23. The lowest BCUT2D eigenvalue weighted by Crippen LogP contribution is -2.36. The Morgan fingerprint density at radius 3 is 2.87 bits per heavy atom. The number of likely N-dealkylation sites (tertiary alicyclic amines) is 1. The van der Waals surface area contributed by atoms with Crippen molar-refractivity contribution in [1.82, 2.24) is 4.90 Å². The summed E-state index contributed by atoms with van der Waals surface area (Å²) in [6, 6.07) is 0.837. The van der Waals surface area contributed by atoms with Gasteiger partial charge in [-0.3, -0.25) is 4.90 Å². The average Bonchev–Trinajstić information content (AvgIpc) is 2.76. The van der Waals surface area contributed by atoms with E-state index in [1.807, 2.05) is 6.08 Å². The zero-order chi connectivity index (χ0) is 10.5. The zero-order valence-electron chi connectivity index (χ0n) is 9.36. The molecule has 15 heavy (non-hydrogen) atoms. The van der Waals surface area contributed by atoms with E-state index in [9.17, 15) is 0 Å². The van der Waals surface area contributed by atoms with Gasteiger partial charge in [0.1, 0.15) is 0 Å². The number of ether oxygens (including phenoxy) is 1. The second-order valence-electron chi connectivity index (χ2n) is 4.37. The molecule has 2 aliphatic rings. The SMILES string of the molecule is C=CCOC1CCN(C2CCSCC2)C1. The summed E-state index contributed by atoms with van der Waals surface area (Å²) in [5.41, 5.74) is 0. The van der Waals surface area contributed by atoms with Crippen LogP contribution in [0.25, 0.3) is 0 Å². The summed E-state index contributed by atoms with van der Waals surface area (Å²) >= 11 is 2.10. The number of thioether (sulfide) groups is 1. The Morgan fingerprint density at radius 2 is 2.13 bits per heavy atom. The van der Waals surface area contributed by atoms with Crippen molar-refractivity contribution in [1.29, 1.82) is 0 Å². The molecule has 0 aliphatic carbocycles. The quantitative estimate of drug-likeness (QED) is 0.683. The Labute approximate surface area is 97.0 Å². The highest BCUT2D eigenvalue weighted by Gasteiger charge is 2.29. The Bertz CT molecular complexity index is 204. The molecular weight excluding hydrogens is 206 g/mol. The highest BCUT2D eigenvalue weighted by atomic mass is 32.2. The van der Waals surface area contributed by atoms with Gasteiger partial charge in [0.25, 0.3) is 0 Å². The molecule has 0 aromatic carbocycles. The van der Waals surface area contributed by atoms with Crippen molar-refractivity contribution in [3.8, 4) is 0 Å². The van der Waals surface area contributed by atoms with Crippen LogP contribution in [0.2, 0.25) is 0 Å². The molecule has 0 spiro atoms. The van der Waals surface area contributed by atoms with Crippen molar-refractivity contribution in [2.45, 2.75) is 31.4 Å². The minimum Gasteiger partial charge on any atom is -0.373 e. The van der Waals surface area contributed by atoms with Crippen molar-refractivity contribution in [2.24, 2.45) is 0 Å². The second kappa shape index (κ2) is 5.92. The molecule has 0 aromatic rings. The Hall–Kier alpha value is 0.0100. The number of nitrogens with zero attached hydrogens (tertiary/aromatic N) is 1. The molecule has 1 atom stereocenters. The Kier molecular flexibility index (Phi) is 4.54. The van der Waals surface area contributed by atoms with Crippen LogP contribution in [0.1, 0.15) is 19.3 Å². The van der Waals surface area contributed by atoms with E-state index in [1.54, 1.807) is 0 Å². The van der Waals surface area contributed by atoms with Crippen LogP contribution in [0.5, 0.6) is 0 Å². The van der Waals surface area contributed by atoms with E-state index in [0.29, 0.717) is 12.7 Å². The molecule has 0 saturated carbocycles. The van der Waals surface area contributed by atoms with E-state index < -0.39 is 0 Å². The van der Waals surface area contributed by atoms with Crippen LogP contribution < -0.4 is 0 Å². The van der Waals surface area contributed by atoms with Crippen LogP contribution in [0, 0.1) is 0 Å². The van der Waals surface area contributed by atoms with E-state index in [0.717, 1.165) is 12.6 Å². The summed E-state index contributed by atoms with van der Waals surface area (Å²) in [4.78, 5) is 2.63. The normalized spacial score (nSPS) is 29.5. The second-order valence-corrected chi connectivity index (χ2v) is 5.60. The fourth-order valence-corrected chi connectivity index (χ4v) is 3.56. The van der Waals surface area contributed by atoms with Crippen molar-refractivity contribution in [3.63, 3.8) is 0 Å². The predicted molar refractivity (Wildman–Crippen MR) is 66.5 cm³/mol. The van der Waals surface area contributed by atoms with E-state index in [4.69, 9.17) is 4.74 Å². The van der Waals surface area contributed by atoms with Crippen LogP contribution in [0.15, 0.2) is 12.7 Å². The van der Waals surface area contributed by atoms with Gasteiger partial charge in [-0.15, -0.1) is 6.58 Å². The lowest BCUT2D eigenvalue weighted by Gasteiger charge is -2.30. The molecule has 2 rings (SSSR count). The van der Waals surface area contributed by atoms with Gasteiger partial charge in [-0.2, -0.15) is 11.8 Å². The molecule has 2 heterocycles. The van der Waals surface area contributed by atoms with Gasteiger partial charge in [0.15, 0.2) is 0 Å².